The molecule has 0 spiro atoms. The van der Waals surface area contributed by atoms with Crippen LogP contribution in [-0.4, -0.2) is 30.1 Å². The Hall–Kier alpha value is -1.85. The molecular weight excluding hydrogens is 202 g/mol. The predicted molar refractivity (Wildman–Crippen MR) is 48.4 cm³/mol. The predicted octanol–water partition coefficient (Wildman–Crippen LogP) is 1.03. The first-order chi connectivity index (χ1) is 7.19. The summed E-state index contributed by atoms with van der Waals surface area (Å²) >= 11 is 0. The molecule has 0 fully saturated rings. The summed E-state index contributed by atoms with van der Waals surface area (Å²) in [5.41, 5.74) is -0.0418. The van der Waals surface area contributed by atoms with Gasteiger partial charge in [-0.25, -0.2) is 9.59 Å². The highest BCUT2D eigenvalue weighted by Gasteiger charge is 2.18. The van der Waals surface area contributed by atoms with Crippen LogP contribution < -0.4 is 0 Å². The molecule has 0 saturated carbocycles. The maximum atomic E-state index is 11.1. The Balaban J connectivity index is 2.71. The van der Waals surface area contributed by atoms with Gasteiger partial charge in [0.1, 0.15) is 6.26 Å². The van der Waals surface area contributed by atoms with Gasteiger partial charge >= 0.3 is 17.8 Å². The fraction of sp³-hybridized carbons (Fsp3) is 0.444. The number of carbonyl (C=O) groups excluding carboxylic acids is 2. The molecule has 0 aliphatic heterocycles. The second kappa shape index (κ2) is 5.14. The molecular formula is C9H11NO5. The minimum atomic E-state index is -0.701. The maximum absolute atomic E-state index is 11.1. The summed E-state index contributed by atoms with van der Waals surface area (Å²) in [6, 6.07) is 0. The van der Waals surface area contributed by atoms with Crippen LogP contribution in [0.15, 0.2) is 10.7 Å². The smallest absolute Gasteiger partial charge is 0.394 e. The van der Waals surface area contributed by atoms with Crippen molar-refractivity contribution in [1.82, 2.24) is 4.98 Å². The molecule has 1 aromatic rings. The molecule has 82 valence electrons. The Labute approximate surface area is 86.2 Å². The first-order valence-corrected chi connectivity index (χ1v) is 4.48. The Morgan fingerprint density at radius 2 is 1.87 bits per heavy atom. The lowest BCUT2D eigenvalue weighted by Crippen LogP contribution is -2.08. The summed E-state index contributed by atoms with van der Waals surface area (Å²) in [4.78, 5) is 25.9. The number of oxazole rings is 1. The SMILES string of the molecule is CCOC(=O)c1coc(C(=O)OCC)n1. The molecule has 15 heavy (non-hydrogen) atoms. The zero-order valence-electron chi connectivity index (χ0n) is 8.48. The van der Waals surface area contributed by atoms with Gasteiger partial charge in [-0.2, -0.15) is 4.98 Å². The zero-order valence-corrected chi connectivity index (χ0v) is 8.48. The van der Waals surface area contributed by atoms with E-state index in [1.54, 1.807) is 13.8 Å². The van der Waals surface area contributed by atoms with Crippen LogP contribution in [0.5, 0.6) is 0 Å². The number of hydrogen-bond donors (Lipinski definition) is 0. The van der Waals surface area contributed by atoms with Gasteiger partial charge in [-0.1, -0.05) is 0 Å². The average molecular weight is 213 g/mol. The van der Waals surface area contributed by atoms with Crippen molar-refractivity contribution in [3.63, 3.8) is 0 Å². The first kappa shape index (κ1) is 11.2. The van der Waals surface area contributed by atoms with Crippen LogP contribution in [0.2, 0.25) is 0 Å². The molecule has 0 aliphatic rings. The van der Waals surface area contributed by atoms with E-state index in [-0.39, 0.29) is 24.8 Å². The average Bonchev–Trinajstić information content (AvgIpc) is 2.67. The van der Waals surface area contributed by atoms with Gasteiger partial charge < -0.3 is 13.9 Å². The zero-order chi connectivity index (χ0) is 11.3. The largest absolute Gasteiger partial charge is 0.461 e. The lowest BCUT2D eigenvalue weighted by atomic mass is 10.5. The van der Waals surface area contributed by atoms with Crippen molar-refractivity contribution in [2.45, 2.75) is 13.8 Å². The topological polar surface area (TPSA) is 78.6 Å². The summed E-state index contributed by atoms with van der Waals surface area (Å²) in [5.74, 6) is -1.58. The van der Waals surface area contributed by atoms with Crippen LogP contribution in [0, 0.1) is 0 Å². The molecule has 0 bridgehead atoms. The fourth-order valence-corrected chi connectivity index (χ4v) is 0.859. The number of hydrogen-bond acceptors (Lipinski definition) is 6. The second-order valence-corrected chi connectivity index (χ2v) is 2.48. The molecule has 1 aromatic heterocycles. The molecule has 0 unspecified atom stereocenters. The number of rotatable bonds is 4. The Morgan fingerprint density at radius 3 is 2.47 bits per heavy atom. The van der Waals surface area contributed by atoms with Crippen molar-refractivity contribution in [2.75, 3.05) is 13.2 Å². The van der Waals surface area contributed by atoms with Crippen LogP contribution in [0.25, 0.3) is 0 Å². The summed E-state index contributed by atoms with van der Waals surface area (Å²) < 4.78 is 14.1. The summed E-state index contributed by atoms with van der Waals surface area (Å²) in [6.07, 6.45) is 1.06. The summed E-state index contributed by atoms with van der Waals surface area (Å²) in [6.45, 7) is 3.79. The van der Waals surface area contributed by atoms with Crippen molar-refractivity contribution < 1.29 is 23.5 Å². The van der Waals surface area contributed by atoms with E-state index in [0.717, 1.165) is 6.26 Å². The summed E-state index contributed by atoms with van der Waals surface area (Å²) in [7, 11) is 0. The van der Waals surface area contributed by atoms with Crippen molar-refractivity contribution in [3.8, 4) is 0 Å². The third-order valence-corrected chi connectivity index (χ3v) is 1.44. The normalized spacial score (nSPS) is 9.73. The van der Waals surface area contributed by atoms with Gasteiger partial charge in [0, 0.05) is 0 Å². The van der Waals surface area contributed by atoms with Gasteiger partial charge in [-0.05, 0) is 13.8 Å². The van der Waals surface area contributed by atoms with Gasteiger partial charge in [0.05, 0.1) is 13.2 Å². The Bertz CT molecular complexity index is 325. The van der Waals surface area contributed by atoms with Crippen molar-refractivity contribution in [2.24, 2.45) is 0 Å². The highest BCUT2D eigenvalue weighted by atomic mass is 16.5. The molecule has 1 rings (SSSR count). The molecule has 0 N–H and O–H groups in total. The molecule has 1 heterocycles. The summed E-state index contributed by atoms with van der Waals surface area (Å²) in [5, 5.41) is 0. The molecule has 6 heteroatoms. The van der Waals surface area contributed by atoms with Crippen LogP contribution in [0.4, 0.5) is 0 Å². The Kier molecular flexibility index (Phi) is 3.84. The fourth-order valence-electron chi connectivity index (χ4n) is 0.859. The van der Waals surface area contributed by atoms with Gasteiger partial charge in [0.25, 0.3) is 0 Å². The molecule has 0 radical (unpaired) electrons. The first-order valence-electron chi connectivity index (χ1n) is 4.48. The molecule has 0 aromatic carbocycles. The highest BCUT2D eigenvalue weighted by molar-refractivity contribution is 5.90. The van der Waals surface area contributed by atoms with E-state index in [9.17, 15) is 9.59 Å². The van der Waals surface area contributed by atoms with E-state index < -0.39 is 11.9 Å². The number of esters is 2. The van der Waals surface area contributed by atoms with Crippen LogP contribution in [0.3, 0.4) is 0 Å². The quantitative estimate of drug-likeness (QED) is 0.695. The van der Waals surface area contributed by atoms with Crippen molar-refractivity contribution in [3.05, 3.63) is 17.8 Å². The molecule has 6 nitrogen and oxygen atoms in total. The van der Waals surface area contributed by atoms with E-state index in [2.05, 4.69) is 14.5 Å². The van der Waals surface area contributed by atoms with Crippen molar-refractivity contribution >= 4 is 11.9 Å². The third kappa shape index (κ3) is 2.80. The maximum Gasteiger partial charge on any atom is 0.394 e. The van der Waals surface area contributed by atoms with Gasteiger partial charge in [0.2, 0.25) is 0 Å². The lowest BCUT2D eigenvalue weighted by molar-refractivity contribution is 0.0481. The van der Waals surface area contributed by atoms with Gasteiger partial charge in [-0.3, -0.25) is 0 Å². The van der Waals surface area contributed by atoms with E-state index >= 15 is 0 Å². The molecule has 0 saturated heterocycles. The lowest BCUT2D eigenvalue weighted by Gasteiger charge is -1.95. The standard InChI is InChI=1S/C9H11NO5/c1-3-13-8(11)6-5-15-7(10-6)9(12)14-4-2/h5H,3-4H2,1-2H3. The van der Waals surface area contributed by atoms with Crippen molar-refractivity contribution in [1.29, 1.82) is 0 Å². The molecule has 0 atom stereocenters. The van der Waals surface area contributed by atoms with Gasteiger partial charge in [0.15, 0.2) is 5.69 Å². The number of carbonyl (C=O) groups is 2. The van der Waals surface area contributed by atoms with E-state index in [1.807, 2.05) is 0 Å². The van der Waals surface area contributed by atoms with Crippen LogP contribution >= 0.6 is 0 Å². The highest BCUT2D eigenvalue weighted by Crippen LogP contribution is 2.05. The Morgan fingerprint density at radius 1 is 1.27 bits per heavy atom. The van der Waals surface area contributed by atoms with E-state index in [0.29, 0.717) is 0 Å². The minimum absolute atomic E-state index is 0.0418. The molecule has 0 aliphatic carbocycles. The van der Waals surface area contributed by atoms with Crippen LogP contribution in [-0.2, 0) is 9.47 Å². The van der Waals surface area contributed by atoms with Crippen LogP contribution in [0.1, 0.15) is 35.0 Å². The second-order valence-electron chi connectivity index (χ2n) is 2.48. The minimum Gasteiger partial charge on any atom is -0.461 e. The third-order valence-electron chi connectivity index (χ3n) is 1.44. The number of ether oxygens (including phenoxy) is 2. The molecule has 0 amide bonds. The number of aromatic nitrogens is 1. The number of nitrogens with zero attached hydrogens (tertiary/aromatic N) is 1. The van der Waals surface area contributed by atoms with Gasteiger partial charge in [-0.15, -0.1) is 0 Å². The monoisotopic (exact) mass is 213 g/mol. The van der Waals surface area contributed by atoms with E-state index in [1.165, 1.54) is 0 Å². The van der Waals surface area contributed by atoms with E-state index in [4.69, 9.17) is 4.42 Å².